The molecule has 0 radical (unpaired) electrons. The summed E-state index contributed by atoms with van der Waals surface area (Å²) in [6, 6.07) is 2.87. The second-order valence-corrected chi connectivity index (χ2v) is 4.91. The molecule has 1 aromatic carbocycles. The van der Waals surface area contributed by atoms with Crippen molar-refractivity contribution in [3.8, 4) is 0 Å². The predicted octanol–water partition coefficient (Wildman–Crippen LogP) is 3.43. The molecule has 2 nitrogen and oxygen atoms in total. The lowest BCUT2D eigenvalue weighted by Crippen LogP contribution is -2.22. The Morgan fingerprint density at radius 3 is 2.72 bits per heavy atom. The van der Waals surface area contributed by atoms with Crippen LogP contribution in [0.4, 0.5) is 8.78 Å². The van der Waals surface area contributed by atoms with Crippen LogP contribution in [0.25, 0.3) is 0 Å². The van der Waals surface area contributed by atoms with E-state index in [0.717, 1.165) is 4.88 Å². The van der Waals surface area contributed by atoms with Crippen LogP contribution in [0.5, 0.6) is 0 Å². The van der Waals surface area contributed by atoms with Crippen LogP contribution in [0.15, 0.2) is 23.8 Å². The highest BCUT2D eigenvalue weighted by atomic mass is 32.1. The molecule has 0 saturated carbocycles. The number of nitrogens with one attached hydrogen (secondary N) is 1. The van der Waals surface area contributed by atoms with E-state index in [1.54, 1.807) is 30.8 Å². The molecule has 2 aromatic rings. The van der Waals surface area contributed by atoms with Gasteiger partial charge in [-0.2, -0.15) is 0 Å². The van der Waals surface area contributed by atoms with E-state index in [1.165, 1.54) is 11.3 Å². The fraction of sp³-hybridized carbons (Fsp3) is 0.308. The predicted molar refractivity (Wildman–Crippen MR) is 68.7 cm³/mol. The van der Waals surface area contributed by atoms with Gasteiger partial charge in [0.25, 0.3) is 0 Å². The zero-order valence-corrected chi connectivity index (χ0v) is 11.0. The Labute approximate surface area is 109 Å². The number of thiazole rings is 1. The van der Waals surface area contributed by atoms with Crippen molar-refractivity contribution in [2.45, 2.75) is 19.9 Å². The van der Waals surface area contributed by atoms with Gasteiger partial charge in [-0.05, 0) is 19.0 Å². The number of benzene rings is 1. The lowest BCUT2D eigenvalue weighted by molar-refractivity contribution is 0.479. The smallest absolute Gasteiger partial charge is 0.164 e. The van der Waals surface area contributed by atoms with Crippen LogP contribution in [0.2, 0.25) is 0 Å². The maximum absolute atomic E-state index is 14.0. The lowest BCUT2D eigenvalue weighted by Gasteiger charge is -2.18. The molecule has 1 aromatic heterocycles. The number of aryl methyl sites for hydroxylation is 1. The van der Waals surface area contributed by atoms with Gasteiger partial charge in [0.05, 0.1) is 11.6 Å². The fourth-order valence-corrected chi connectivity index (χ4v) is 2.53. The number of hydrogen-bond donors (Lipinski definition) is 1. The minimum Gasteiger partial charge on any atom is -0.306 e. The Kier molecular flexibility index (Phi) is 4.04. The quantitative estimate of drug-likeness (QED) is 0.919. The van der Waals surface area contributed by atoms with Gasteiger partial charge in [-0.25, -0.2) is 8.78 Å². The van der Waals surface area contributed by atoms with Crippen LogP contribution in [-0.4, -0.2) is 11.5 Å². The summed E-state index contributed by atoms with van der Waals surface area (Å²) in [6.07, 6.45) is 1.68. The molecule has 0 aliphatic carbocycles. The van der Waals surface area contributed by atoms with Gasteiger partial charge in [-0.1, -0.05) is 19.1 Å². The maximum atomic E-state index is 14.0. The molecular weight excluding hydrogens is 254 g/mol. The molecule has 0 fully saturated rings. The third-order valence-corrected chi connectivity index (χ3v) is 3.60. The first-order valence-corrected chi connectivity index (χ1v) is 6.59. The molecule has 1 unspecified atom stereocenters. The molecule has 0 aliphatic heterocycles. The van der Waals surface area contributed by atoms with E-state index < -0.39 is 11.6 Å². The van der Waals surface area contributed by atoms with Crippen molar-refractivity contribution >= 4 is 11.3 Å². The van der Waals surface area contributed by atoms with E-state index in [0.29, 0.717) is 17.7 Å². The highest BCUT2D eigenvalue weighted by molar-refractivity contribution is 7.09. The van der Waals surface area contributed by atoms with E-state index in [4.69, 9.17) is 0 Å². The van der Waals surface area contributed by atoms with Gasteiger partial charge in [-0.3, -0.25) is 4.98 Å². The molecule has 0 amide bonds. The average Bonchev–Trinajstić information content (AvgIpc) is 2.88. The van der Waals surface area contributed by atoms with Crippen LogP contribution in [-0.2, 0) is 0 Å². The van der Waals surface area contributed by atoms with Crippen molar-refractivity contribution in [3.63, 3.8) is 0 Å². The molecule has 1 heterocycles. The van der Waals surface area contributed by atoms with Gasteiger partial charge in [0.2, 0.25) is 0 Å². The second kappa shape index (κ2) is 5.54. The van der Waals surface area contributed by atoms with Crippen LogP contribution < -0.4 is 5.32 Å². The van der Waals surface area contributed by atoms with E-state index in [-0.39, 0.29) is 6.04 Å². The van der Waals surface area contributed by atoms with Crippen molar-refractivity contribution in [3.05, 3.63) is 51.5 Å². The summed E-state index contributed by atoms with van der Waals surface area (Å²) < 4.78 is 27.6. The number of nitrogens with zero attached hydrogens (tertiary/aromatic N) is 1. The standard InChI is InChI=1S/C13H14F2N2S/c1-3-17-13(10-6-16-7-18-10)9-5-4-8(2)11(14)12(9)15/h4-7,13,17H,3H2,1-2H3. The zero-order chi connectivity index (χ0) is 13.1. The largest absolute Gasteiger partial charge is 0.306 e. The van der Waals surface area contributed by atoms with E-state index in [9.17, 15) is 8.78 Å². The molecule has 0 spiro atoms. The molecule has 5 heteroatoms. The third kappa shape index (κ3) is 2.42. The normalized spacial score (nSPS) is 12.7. The van der Waals surface area contributed by atoms with Gasteiger partial charge >= 0.3 is 0 Å². The van der Waals surface area contributed by atoms with Crippen molar-refractivity contribution in [2.75, 3.05) is 6.54 Å². The van der Waals surface area contributed by atoms with E-state index >= 15 is 0 Å². The first-order valence-electron chi connectivity index (χ1n) is 5.71. The molecule has 18 heavy (non-hydrogen) atoms. The Morgan fingerprint density at radius 1 is 1.33 bits per heavy atom. The SMILES string of the molecule is CCNC(c1cncs1)c1ccc(C)c(F)c1F. The van der Waals surface area contributed by atoms with Crippen LogP contribution in [0, 0.1) is 18.6 Å². The summed E-state index contributed by atoms with van der Waals surface area (Å²) in [5.41, 5.74) is 2.32. The highest BCUT2D eigenvalue weighted by Gasteiger charge is 2.21. The van der Waals surface area contributed by atoms with Crippen molar-refractivity contribution in [2.24, 2.45) is 0 Å². The molecule has 0 bridgehead atoms. The van der Waals surface area contributed by atoms with Crippen LogP contribution in [0.3, 0.4) is 0 Å². The summed E-state index contributed by atoms with van der Waals surface area (Å²) >= 11 is 1.42. The van der Waals surface area contributed by atoms with Crippen molar-refractivity contribution in [1.29, 1.82) is 0 Å². The number of halogens is 2. The second-order valence-electron chi connectivity index (χ2n) is 3.99. The first kappa shape index (κ1) is 13.1. The summed E-state index contributed by atoms with van der Waals surface area (Å²) in [4.78, 5) is 4.86. The van der Waals surface area contributed by atoms with Gasteiger partial charge in [0.15, 0.2) is 11.6 Å². The first-order chi connectivity index (χ1) is 8.65. The molecule has 0 saturated heterocycles. The highest BCUT2D eigenvalue weighted by Crippen LogP contribution is 2.28. The number of rotatable bonds is 4. The molecule has 1 N–H and O–H groups in total. The molecule has 96 valence electrons. The topological polar surface area (TPSA) is 24.9 Å². The Bertz CT molecular complexity index is 526. The van der Waals surface area contributed by atoms with E-state index in [1.807, 2.05) is 6.92 Å². The number of aromatic nitrogens is 1. The number of hydrogen-bond acceptors (Lipinski definition) is 3. The zero-order valence-electron chi connectivity index (χ0n) is 10.2. The molecule has 2 rings (SSSR count). The summed E-state index contributed by atoms with van der Waals surface area (Å²) in [5.74, 6) is -1.56. The molecule has 0 aliphatic rings. The average molecular weight is 268 g/mol. The van der Waals surface area contributed by atoms with Crippen LogP contribution in [0.1, 0.15) is 29.0 Å². The van der Waals surface area contributed by atoms with Gasteiger partial charge in [0, 0.05) is 16.6 Å². The fourth-order valence-electron chi connectivity index (χ4n) is 1.82. The molecule has 1 atom stereocenters. The Morgan fingerprint density at radius 2 is 2.11 bits per heavy atom. The summed E-state index contributed by atoms with van der Waals surface area (Å²) in [5, 5.41) is 3.15. The van der Waals surface area contributed by atoms with E-state index in [2.05, 4.69) is 10.3 Å². The summed E-state index contributed by atoms with van der Waals surface area (Å²) in [7, 11) is 0. The summed E-state index contributed by atoms with van der Waals surface area (Å²) in [6.45, 7) is 4.14. The monoisotopic (exact) mass is 268 g/mol. The van der Waals surface area contributed by atoms with Crippen molar-refractivity contribution in [1.82, 2.24) is 10.3 Å². The van der Waals surface area contributed by atoms with Gasteiger partial charge in [0.1, 0.15) is 0 Å². The lowest BCUT2D eigenvalue weighted by atomic mass is 10.0. The maximum Gasteiger partial charge on any atom is 0.164 e. The third-order valence-electron chi connectivity index (χ3n) is 2.76. The minimum absolute atomic E-state index is 0.316. The van der Waals surface area contributed by atoms with Gasteiger partial charge in [-0.15, -0.1) is 11.3 Å². The van der Waals surface area contributed by atoms with Gasteiger partial charge < -0.3 is 5.32 Å². The van der Waals surface area contributed by atoms with Crippen LogP contribution >= 0.6 is 11.3 Å². The minimum atomic E-state index is -0.783. The van der Waals surface area contributed by atoms with Crippen molar-refractivity contribution < 1.29 is 8.78 Å². The molecular formula is C13H14F2N2S. The Balaban J connectivity index is 2.47. The Hall–Kier alpha value is -1.33.